The van der Waals surface area contributed by atoms with Gasteiger partial charge in [-0.1, -0.05) is 76.2 Å². The van der Waals surface area contributed by atoms with Gasteiger partial charge >= 0.3 is 0 Å². The molecule has 0 rings (SSSR count). The van der Waals surface area contributed by atoms with Crippen LogP contribution in [0.3, 0.4) is 0 Å². The Morgan fingerprint density at radius 3 is 1.41 bits per heavy atom. The summed E-state index contributed by atoms with van der Waals surface area (Å²) in [6.45, 7) is 39.1. The van der Waals surface area contributed by atoms with E-state index >= 15 is 0 Å². The van der Waals surface area contributed by atoms with Crippen LogP contribution in [0.15, 0.2) is 0 Å². The molecule has 7 heteroatoms. The van der Waals surface area contributed by atoms with Crippen LogP contribution in [0.4, 0.5) is 0 Å². The number of hydrogen-bond donors (Lipinski definition) is 0. The third-order valence-electron chi connectivity index (χ3n) is 9.00. The van der Waals surface area contributed by atoms with Gasteiger partial charge in [0, 0.05) is 18.4 Å². The quantitative estimate of drug-likeness (QED) is 0.186. The molecule has 0 amide bonds. The molecule has 0 fully saturated rings. The Morgan fingerprint density at radius 2 is 1.06 bits per heavy atom. The summed E-state index contributed by atoms with van der Waals surface area (Å²) in [4.78, 5) is 12.0. The zero-order valence-electron chi connectivity index (χ0n) is 25.9. The standard InChI is InChI=1S/C27H60O4Si3/c1-21(20-28)24(31-34(16,17)27(9,10)11)22(2)23(30-33(14,15)26(6,7)8)18-19-29-32(12,13)25(3,4)5/h20-24H,18-19H2,1-17H3/t21-,22-,23-,24+/m0/s1. The van der Waals surface area contributed by atoms with Crippen molar-refractivity contribution >= 4 is 31.2 Å². The van der Waals surface area contributed by atoms with Gasteiger partial charge in [0.15, 0.2) is 25.0 Å². The van der Waals surface area contributed by atoms with Crippen LogP contribution in [0.1, 0.15) is 82.6 Å². The lowest BCUT2D eigenvalue weighted by atomic mass is 9.89. The van der Waals surface area contributed by atoms with Crippen molar-refractivity contribution in [3.63, 3.8) is 0 Å². The Bertz CT molecular complexity index is 640. The molecule has 4 nitrogen and oxygen atoms in total. The summed E-state index contributed by atoms with van der Waals surface area (Å²) < 4.78 is 20.5. The molecular weight excluding hydrogens is 473 g/mol. The zero-order valence-corrected chi connectivity index (χ0v) is 28.9. The second-order valence-electron chi connectivity index (χ2n) is 15.0. The molecule has 0 aromatic carbocycles. The van der Waals surface area contributed by atoms with E-state index in [2.05, 4.69) is 109 Å². The lowest BCUT2D eigenvalue weighted by Gasteiger charge is -2.46. The average molecular weight is 533 g/mol. The van der Waals surface area contributed by atoms with Gasteiger partial charge in [-0.3, -0.25) is 0 Å². The molecule has 0 aromatic rings. The molecule has 204 valence electrons. The monoisotopic (exact) mass is 532 g/mol. The van der Waals surface area contributed by atoms with E-state index in [0.29, 0.717) is 6.61 Å². The summed E-state index contributed by atoms with van der Waals surface area (Å²) in [6.07, 6.45) is 1.70. The summed E-state index contributed by atoms with van der Waals surface area (Å²) in [7, 11) is -5.94. The fraction of sp³-hybridized carbons (Fsp3) is 0.963. The fourth-order valence-corrected chi connectivity index (χ4v) is 7.10. The Balaban J connectivity index is 6.07. The van der Waals surface area contributed by atoms with Crippen LogP contribution in [0.25, 0.3) is 0 Å². The summed E-state index contributed by atoms with van der Waals surface area (Å²) >= 11 is 0. The Kier molecular flexibility index (Phi) is 11.8. The van der Waals surface area contributed by atoms with Crippen molar-refractivity contribution in [2.24, 2.45) is 11.8 Å². The van der Waals surface area contributed by atoms with E-state index in [-0.39, 0.29) is 39.2 Å². The van der Waals surface area contributed by atoms with E-state index in [1.165, 1.54) is 0 Å². The number of aldehydes is 1. The van der Waals surface area contributed by atoms with E-state index in [1.807, 2.05) is 6.92 Å². The predicted molar refractivity (Wildman–Crippen MR) is 156 cm³/mol. The molecule has 0 saturated carbocycles. The molecule has 4 atom stereocenters. The first kappa shape index (κ1) is 34.2. The van der Waals surface area contributed by atoms with Gasteiger partial charge in [0.05, 0.1) is 12.2 Å². The minimum Gasteiger partial charge on any atom is -0.417 e. The number of rotatable bonds is 12. The Labute approximate surface area is 216 Å². The first-order valence-electron chi connectivity index (χ1n) is 13.3. The molecular formula is C27H60O4Si3. The molecule has 34 heavy (non-hydrogen) atoms. The van der Waals surface area contributed by atoms with Gasteiger partial charge in [0.25, 0.3) is 0 Å². The van der Waals surface area contributed by atoms with Crippen molar-refractivity contribution in [1.82, 2.24) is 0 Å². The van der Waals surface area contributed by atoms with Gasteiger partial charge in [-0.2, -0.15) is 0 Å². The molecule has 0 aromatic heterocycles. The Morgan fingerprint density at radius 1 is 0.676 bits per heavy atom. The first-order chi connectivity index (χ1) is 14.8. The van der Waals surface area contributed by atoms with Gasteiger partial charge < -0.3 is 18.1 Å². The van der Waals surface area contributed by atoms with Crippen LogP contribution in [0.5, 0.6) is 0 Å². The molecule has 0 radical (unpaired) electrons. The average Bonchev–Trinajstić information content (AvgIpc) is 2.61. The van der Waals surface area contributed by atoms with Crippen LogP contribution >= 0.6 is 0 Å². The fourth-order valence-electron chi connectivity index (χ4n) is 3.13. The summed E-state index contributed by atoms with van der Waals surface area (Å²) in [5.74, 6) is -0.0950. The van der Waals surface area contributed by atoms with Gasteiger partial charge in [0.2, 0.25) is 0 Å². The van der Waals surface area contributed by atoms with Crippen LogP contribution in [0.2, 0.25) is 54.4 Å². The van der Waals surface area contributed by atoms with Crippen LogP contribution in [-0.4, -0.2) is 50.1 Å². The van der Waals surface area contributed by atoms with Crippen molar-refractivity contribution in [3.05, 3.63) is 0 Å². The molecule has 0 saturated heterocycles. The van der Waals surface area contributed by atoms with Gasteiger partial charge in [-0.25, -0.2) is 0 Å². The number of hydrogen-bond acceptors (Lipinski definition) is 4. The molecule has 0 N–H and O–H groups in total. The van der Waals surface area contributed by atoms with Crippen molar-refractivity contribution in [3.8, 4) is 0 Å². The van der Waals surface area contributed by atoms with E-state index in [0.717, 1.165) is 12.7 Å². The molecule has 0 aliphatic carbocycles. The molecule has 0 aliphatic rings. The normalized spacial score (nSPS) is 18.4. The number of carbonyl (C=O) groups is 1. The summed E-state index contributed by atoms with van der Waals surface area (Å²) in [5.41, 5.74) is 0. The van der Waals surface area contributed by atoms with Gasteiger partial charge in [-0.05, 0) is 60.8 Å². The third-order valence-corrected chi connectivity index (χ3v) is 22.5. The van der Waals surface area contributed by atoms with Crippen molar-refractivity contribution in [2.75, 3.05) is 6.61 Å². The maximum absolute atomic E-state index is 12.0. The zero-order chi connectivity index (χ0) is 27.6. The largest absolute Gasteiger partial charge is 0.417 e. The van der Waals surface area contributed by atoms with E-state index in [9.17, 15) is 4.79 Å². The molecule has 0 unspecified atom stereocenters. The van der Waals surface area contributed by atoms with E-state index in [1.54, 1.807) is 0 Å². The maximum Gasteiger partial charge on any atom is 0.192 e. The van der Waals surface area contributed by atoms with Crippen LogP contribution in [0, 0.1) is 11.8 Å². The molecule has 0 heterocycles. The SMILES string of the molecule is C[C@H]([C@H](O[Si](C)(C)C(C)(C)C)[C@@H](C)C=O)[C@H](CCO[Si](C)(C)C(C)(C)C)O[Si](C)(C)C(C)(C)C. The summed E-state index contributed by atoms with van der Waals surface area (Å²) in [5, 5.41) is 0.362. The lowest BCUT2D eigenvalue weighted by Crippen LogP contribution is -2.52. The molecule has 0 aliphatic heterocycles. The minimum absolute atomic E-state index is 0.0113. The van der Waals surface area contributed by atoms with E-state index in [4.69, 9.17) is 13.3 Å². The van der Waals surface area contributed by atoms with Gasteiger partial charge in [0.1, 0.15) is 6.29 Å². The second-order valence-corrected chi connectivity index (χ2v) is 29.3. The topological polar surface area (TPSA) is 44.8 Å². The van der Waals surface area contributed by atoms with Crippen molar-refractivity contribution in [1.29, 1.82) is 0 Å². The third kappa shape index (κ3) is 9.25. The first-order valence-corrected chi connectivity index (χ1v) is 22.0. The molecule has 0 spiro atoms. The van der Waals surface area contributed by atoms with Gasteiger partial charge in [-0.15, -0.1) is 0 Å². The maximum atomic E-state index is 12.0. The smallest absolute Gasteiger partial charge is 0.192 e. The minimum atomic E-state index is -2.06. The highest BCUT2D eigenvalue weighted by molar-refractivity contribution is 6.75. The number of carbonyl (C=O) groups excluding carboxylic acids is 1. The van der Waals surface area contributed by atoms with Crippen molar-refractivity contribution in [2.45, 2.75) is 149 Å². The van der Waals surface area contributed by atoms with Crippen LogP contribution in [-0.2, 0) is 18.1 Å². The second kappa shape index (κ2) is 11.7. The highest BCUT2D eigenvalue weighted by Crippen LogP contribution is 2.42. The highest BCUT2D eigenvalue weighted by atomic mass is 28.4. The predicted octanol–water partition coefficient (Wildman–Crippen LogP) is 8.65. The van der Waals surface area contributed by atoms with E-state index < -0.39 is 25.0 Å². The molecule has 0 bridgehead atoms. The van der Waals surface area contributed by atoms with Crippen molar-refractivity contribution < 1.29 is 18.1 Å². The highest BCUT2D eigenvalue weighted by Gasteiger charge is 2.46. The lowest BCUT2D eigenvalue weighted by molar-refractivity contribution is -0.115. The van der Waals surface area contributed by atoms with Crippen LogP contribution < -0.4 is 0 Å². The Hall–Kier alpha value is 0.201. The summed E-state index contributed by atoms with van der Waals surface area (Å²) in [6, 6.07) is 0.